The van der Waals surface area contributed by atoms with Gasteiger partial charge in [0.1, 0.15) is 5.75 Å². The van der Waals surface area contributed by atoms with Crippen molar-refractivity contribution in [1.82, 2.24) is 9.97 Å². The third-order valence-corrected chi connectivity index (χ3v) is 6.20. The maximum atomic E-state index is 13.7. The highest BCUT2D eigenvalue weighted by atomic mass is 32.1. The third-order valence-electron chi connectivity index (χ3n) is 5.14. The number of amides is 1. The smallest absolute Gasteiger partial charge is 0.296 e. The standard InChI is InChI=1S/C25H21N3O4S/c1-3-31-20-8-4-7-17-12-21(32-23(17)20)24(29)28(15-16-6-5-11-26-14-16)25-27-19-13-18(30-2)9-10-22(19)33-25/h4-14H,3,15H2,1-2H3. The molecule has 0 bridgehead atoms. The fourth-order valence-corrected chi connectivity index (χ4v) is 4.53. The highest BCUT2D eigenvalue weighted by molar-refractivity contribution is 7.22. The number of methoxy groups -OCH3 is 1. The van der Waals surface area contributed by atoms with E-state index >= 15 is 0 Å². The topological polar surface area (TPSA) is 77.7 Å². The maximum absolute atomic E-state index is 13.7. The van der Waals surface area contributed by atoms with E-state index in [4.69, 9.17) is 18.9 Å². The van der Waals surface area contributed by atoms with Crippen LogP contribution in [0.2, 0.25) is 0 Å². The van der Waals surface area contributed by atoms with E-state index in [0.717, 1.165) is 21.2 Å². The van der Waals surface area contributed by atoms with Crippen molar-refractivity contribution < 1.29 is 18.7 Å². The van der Waals surface area contributed by atoms with Crippen LogP contribution in [0.5, 0.6) is 11.5 Å². The van der Waals surface area contributed by atoms with Crippen LogP contribution in [0.3, 0.4) is 0 Å². The molecule has 0 N–H and O–H groups in total. The van der Waals surface area contributed by atoms with Crippen molar-refractivity contribution in [3.63, 3.8) is 0 Å². The molecule has 2 aromatic carbocycles. The van der Waals surface area contributed by atoms with E-state index in [9.17, 15) is 4.79 Å². The SMILES string of the molecule is CCOc1cccc2cc(C(=O)N(Cc3cccnc3)c3nc4cc(OC)ccc4s3)oc12. The van der Waals surface area contributed by atoms with Gasteiger partial charge in [0.15, 0.2) is 22.2 Å². The maximum Gasteiger partial charge on any atom is 0.296 e. The molecule has 33 heavy (non-hydrogen) atoms. The summed E-state index contributed by atoms with van der Waals surface area (Å²) in [5.74, 6) is 1.26. The second kappa shape index (κ2) is 8.91. The molecule has 0 saturated carbocycles. The molecule has 5 rings (SSSR count). The van der Waals surface area contributed by atoms with E-state index in [1.54, 1.807) is 30.5 Å². The number of hydrogen-bond donors (Lipinski definition) is 0. The normalized spacial score (nSPS) is 11.1. The number of hydrogen-bond acceptors (Lipinski definition) is 7. The van der Waals surface area contributed by atoms with Crippen LogP contribution in [0.25, 0.3) is 21.2 Å². The van der Waals surface area contributed by atoms with E-state index in [0.29, 0.717) is 35.4 Å². The molecule has 3 heterocycles. The summed E-state index contributed by atoms with van der Waals surface area (Å²) in [5, 5.41) is 1.37. The average molecular weight is 460 g/mol. The molecular formula is C25H21N3O4S. The molecule has 0 radical (unpaired) electrons. The zero-order chi connectivity index (χ0) is 22.8. The lowest BCUT2D eigenvalue weighted by Gasteiger charge is -2.18. The van der Waals surface area contributed by atoms with E-state index in [-0.39, 0.29) is 11.7 Å². The van der Waals surface area contributed by atoms with Gasteiger partial charge in [-0.1, -0.05) is 29.5 Å². The van der Waals surface area contributed by atoms with Crippen molar-refractivity contribution in [2.24, 2.45) is 0 Å². The van der Waals surface area contributed by atoms with E-state index < -0.39 is 0 Å². The fraction of sp³-hybridized carbons (Fsp3) is 0.160. The van der Waals surface area contributed by atoms with Gasteiger partial charge in [-0.15, -0.1) is 0 Å². The molecule has 0 aliphatic heterocycles. The van der Waals surface area contributed by atoms with Gasteiger partial charge < -0.3 is 13.9 Å². The molecular weight excluding hydrogens is 438 g/mol. The number of para-hydroxylation sites is 1. The molecule has 0 spiro atoms. The minimum absolute atomic E-state index is 0.220. The van der Waals surface area contributed by atoms with Crippen LogP contribution in [-0.4, -0.2) is 29.6 Å². The minimum atomic E-state index is -0.288. The summed E-state index contributed by atoms with van der Waals surface area (Å²) < 4.78 is 17.9. The quantitative estimate of drug-likeness (QED) is 0.311. The zero-order valence-corrected chi connectivity index (χ0v) is 19.0. The Morgan fingerprint density at radius 3 is 2.85 bits per heavy atom. The highest BCUT2D eigenvalue weighted by Gasteiger charge is 2.25. The zero-order valence-electron chi connectivity index (χ0n) is 18.1. The molecule has 0 saturated heterocycles. The molecule has 166 valence electrons. The number of thiazole rings is 1. The molecule has 1 amide bonds. The van der Waals surface area contributed by atoms with Crippen molar-refractivity contribution >= 4 is 43.6 Å². The summed E-state index contributed by atoms with van der Waals surface area (Å²) in [6.07, 6.45) is 3.44. The first-order chi connectivity index (χ1) is 16.2. The first-order valence-electron chi connectivity index (χ1n) is 10.5. The van der Waals surface area contributed by atoms with Crippen molar-refractivity contribution in [2.75, 3.05) is 18.6 Å². The third kappa shape index (κ3) is 4.12. The molecule has 0 atom stereocenters. The van der Waals surface area contributed by atoms with Crippen LogP contribution in [0.1, 0.15) is 23.0 Å². The number of pyridine rings is 1. The summed E-state index contributed by atoms with van der Waals surface area (Å²) in [6, 6.07) is 16.8. The molecule has 3 aromatic heterocycles. The molecule has 8 heteroatoms. The number of aromatic nitrogens is 2. The van der Waals surface area contributed by atoms with Gasteiger partial charge in [-0.2, -0.15) is 0 Å². The number of anilines is 1. The van der Waals surface area contributed by atoms with Gasteiger partial charge >= 0.3 is 0 Å². The second-order valence-electron chi connectivity index (χ2n) is 7.30. The van der Waals surface area contributed by atoms with Crippen molar-refractivity contribution in [3.8, 4) is 11.5 Å². The van der Waals surface area contributed by atoms with Gasteiger partial charge in [0, 0.05) is 23.8 Å². The summed E-state index contributed by atoms with van der Waals surface area (Å²) in [6.45, 7) is 2.72. The fourth-order valence-electron chi connectivity index (χ4n) is 3.58. The first-order valence-corrected chi connectivity index (χ1v) is 11.3. The van der Waals surface area contributed by atoms with E-state index in [1.807, 2.05) is 55.5 Å². The van der Waals surface area contributed by atoms with Crippen LogP contribution in [0, 0.1) is 0 Å². The Kier molecular flexibility index (Phi) is 5.66. The van der Waals surface area contributed by atoms with Gasteiger partial charge in [-0.05, 0) is 42.8 Å². The molecule has 0 aliphatic rings. The Morgan fingerprint density at radius 1 is 1.15 bits per heavy atom. The molecule has 7 nitrogen and oxygen atoms in total. The highest BCUT2D eigenvalue weighted by Crippen LogP contribution is 2.34. The monoisotopic (exact) mass is 459 g/mol. The Balaban J connectivity index is 1.57. The minimum Gasteiger partial charge on any atom is -0.497 e. The van der Waals surface area contributed by atoms with Gasteiger partial charge in [0.25, 0.3) is 5.91 Å². The lowest BCUT2D eigenvalue weighted by atomic mass is 10.2. The van der Waals surface area contributed by atoms with Gasteiger partial charge in [-0.25, -0.2) is 4.98 Å². The predicted octanol–water partition coefficient (Wildman–Crippen LogP) is 5.69. The Hall–Kier alpha value is -3.91. The van der Waals surface area contributed by atoms with Crippen LogP contribution < -0.4 is 14.4 Å². The lowest BCUT2D eigenvalue weighted by molar-refractivity contribution is 0.0960. The number of ether oxygens (including phenoxy) is 2. The molecule has 0 unspecified atom stereocenters. The predicted molar refractivity (Wildman–Crippen MR) is 128 cm³/mol. The average Bonchev–Trinajstić information content (AvgIpc) is 3.47. The van der Waals surface area contributed by atoms with Crippen LogP contribution in [-0.2, 0) is 6.54 Å². The number of rotatable bonds is 7. The van der Waals surface area contributed by atoms with E-state index in [2.05, 4.69) is 4.98 Å². The number of nitrogens with zero attached hydrogens (tertiary/aromatic N) is 3. The Morgan fingerprint density at radius 2 is 2.06 bits per heavy atom. The Bertz CT molecular complexity index is 1430. The summed E-state index contributed by atoms with van der Waals surface area (Å²) in [5.41, 5.74) is 2.20. The van der Waals surface area contributed by atoms with Crippen LogP contribution >= 0.6 is 11.3 Å². The number of carbonyl (C=O) groups is 1. The van der Waals surface area contributed by atoms with E-state index in [1.165, 1.54) is 11.3 Å². The molecule has 5 aromatic rings. The van der Waals surface area contributed by atoms with Gasteiger partial charge in [0.05, 0.1) is 30.5 Å². The number of fused-ring (bicyclic) bond motifs is 2. The van der Waals surface area contributed by atoms with Gasteiger partial charge in [-0.3, -0.25) is 14.7 Å². The molecule has 0 fully saturated rings. The summed E-state index contributed by atoms with van der Waals surface area (Å²) in [4.78, 5) is 24.2. The van der Waals surface area contributed by atoms with Crippen LogP contribution in [0.4, 0.5) is 5.13 Å². The van der Waals surface area contributed by atoms with Crippen molar-refractivity contribution in [3.05, 3.63) is 78.3 Å². The number of benzene rings is 2. The lowest BCUT2D eigenvalue weighted by Crippen LogP contribution is -2.30. The van der Waals surface area contributed by atoms with Crippen molar-refractivity contribution in [1.29, 1.82) is 0 Å². The number of furan rings is 1. The summed E-state index contributed by atoms with van der Waals surface area (Å²) in [7, 11) is 1.62. The summed E-state index contributed by atoms with van der Waals surface area (Å²) >= 11 is 1.44. The molecule has 0 aliphatic carbocycles. The second-order valence-corrected chi connectivity index (χ2v) is 8.31. The Labute approximate surface area is 194 Å². The van der Waals surface area contributed by atoms with Crippen molar-refractivity contribution in [2.45, 2.75) is 13.5 Å². The van der Waals surface area contributed by atoms with Gasteiger partial charge in [0.2, 0.25) is 0 Å². The largest absolute Gasteiger partial charge is 0.497 e. The number of carbonyl (C=O) groups excluding carboxylic acids is 1. The van der Waals surface area contributed by atoms with Crippen LogP contribution in [0.15, 0.2) is 71.4 Å². The first kappa shape index (κ1) is 21.0.